The number of aliphatic hydroxyl groups excluding tert-OH is 1. The summed E-state index contributed by atoms with van der Waals surface area (Å²) >= 11 is 6.88. The zero-order valence-corrected chi connectivity index (χ0v) is 11.7. The van der Waals surface area contributed by atoms with Crippen LogP contribution >= 0.6 is 22.9 Å². The number of carboxylic acids is 1. The number of thiophene rings is 1. The molecule has 0 saturated carbocycles. The van der Waals surface area contributed by atoms with Crippen molar-refractivity contribution < 1.29 is 23.4 Å². The van der Waals surface area contributed by atoms with Gasteiger partial charge in [-0.15, -0.1) is 22.9 Å². The molecule has 2 N–H and O–H groups in total. The van der Waals surface area contributed by atoms with Gasteiger partial charge in [-0.3, -0.25) is 4.79 Å². The summed E-state index contributed by atoms with van der Waals surface area (Å²) in [6.07, 6.45) is -1.45. The number of alkyl halides is 1. The molecule has 1 aromatic heterocycles. The Hall–Kier alpha value is -0.630. The zero-order valence-electron chi connectivity index (χ0n) is 9.32. The average molecular weight is 313 g/mol. The van der Waals surface area contributed by atoms with E-state index in [1.54, 1.807) is 11.4 Å². The third-order valence-corrected chi connectivity index (χ3v) is 6.42. The SMILES string of the molecule is O=C(O)CC(O)CCC(Cl)S(=O)(=O)c1cccs1. The smallest absolute Gasteiger partial charge is 0.305 e. The molecule has 0 radical (unpaired) electrons. The van der Waals surface area contributed by atoms with Gasteiger partial charge in [-0.1, -0.05) is 6.07 Å². The number of aliphatic carboxylic acids is 1. The van der Waals surface area contributed by atoms with E-state index in [1.165, 1.54) is 6.07 Å². The molecule has 2 unspecified atom stereocenters. The van der Waals surface area contributed by atoms with Crippen molar-refractivity contribution in [2.75, 3.05) is 0 Å². The molecule has 102 valence electrons. The number of rotatable bonds is 7. The summed E-state index contributed by atoms with van der Waals surface area (Å²) in [6.45, 7) is 0. The number of carboxylic acid groups (broad SMARTS) is 1. The summed E-state index contributed by atoms with van der Waals surface area (Å²) < 4.78 is 22.8. The number of carbonyl (C=O) groups is 1. The van der Waals surface area contributed by atoms with E-state index in [-0.39, 0.29) is 17.1 Å². The Kier molecular flexibility index (Phi) is 5.58. The Morgan fingerprint density at radius 1 is 1.44 bits per heavy atom. The molecular weight excluding hydrogens is 300 g/mol. The maximum atomic E-state index is 11.9. The van der Waals surface area contributed by atoms with Gasteiger partial charge in [0, 0.05) is 0 Å². The van der Waals surface area contributed by atoms with Crippen LogP contribution in [0.4, 0.5) is 0 Å². The van der Waals surface area contributed by atoms with Crippen LogP contribution in [0.2, 0.25) is 0 Å². The molecule has 1 heterocycles. The van der Waals surface area contributed by atoms with Crippen molar-refractivity contribution in [2.45, 2.75) is 34.3 Å². The van der Waals surface area contributed by atoms with Crippen molar-refractivity contribution in [1.82, 2.24) is 0 Å². The minimum absolute atomic E-state index is 0.0102. The molecular formula is C10H13ClO5S2. The highest BCUT2D eigenvalue weighted by molar-refractivity contribution is 7.95. The van der Waals surface area contributed by atoms with Gasteiger partial charge in [-0.25, -0.2) is 8.42 Å². The van der Waals surface area contributed by atoms with Crippen molar-refractivity contribution in [1.29, 1.82) is 0 Å². The molecule has 5 nitrogen and oxygen atoms in total. The Morgan fingerprint density at radius 3 is 2.61 bits per heavy atom. The molecule has 1 aromatic rings. The average Bonchev–Trinajstić information content (AvgIpc) is 2.78. The van der Waals surface area contributed by atoms with Crippen molar-refractivity contribution in [3.8, 4) is 0 Å². The fourth-order valence-electron chi connectivity index (χ4n) is 1.33. The van der Waals surface area contributed by atoms with Crippen molar-refractivity contribution in [2.24, 2.45) is 0 Å². The molecule has 0 aliphatic rings. The lowest BCUT2D eigenvalue weighted by Crippen LogP contribution is -2.19. The van der Waals surface area contributed by atoms with Crippen LogP contribution in [0.1, 0.15) is 19.3 Å². The van der Waals surface area contributed by atoms with Crippen molar-refractivity contribution in [3.63, 3.8) is 0 Å². The Labute approximate surface area is 114 Å². The summed E-state index contributed by atoms with van der Waals surface area (Å²) in [5.41, 5.74) is 0. The van der Waals surface area contributed by atoms with E-state index < -0.39 is 33.0 Å². The second-order valence-corrected chi connectivity index (χ2v) is 7.81. The van der Waals surface area contributed by atoms with Crippen molar-refractivity contribution >= 4 is 38.7 Å². The molecule has 0 bridgehead atoms. The van der Waals surface area contributed by atoms with Gasteiger partial charge in [-0.05, 0) is 24.3 Å². The van der Waals surface area contributed by atoms with Crippen LogP contribution in [0.3, 0.4) is 0 Å². The molecule has 18 heavy (non-hydrogen) atoms. The third kappa shape index (κ3) is 4.24. The van der Waals surface area contributed by atoms with Gasteiger partial charge in [0.05, 0.1) is 12.5 Å². The Balaban J connectivity index is 2.56. The van der Waals surface area contributed by atoms with Gasteiger partial charge in [0.2, 0.25) is 9.84 Å². The second kappa shape index (κ2) is 6.51. The van der Waals surface area contributed by atoms with E-state index >= 15 is 0 Å². The minimum atomic E-state index is -3.59. The molecule has 0 aliphatic heterocycles. The third-order valence-electron chi connectivity index (χ3n) is 2.25. The summed E-state index contributed by atoms with van der Waals surface area (Å²) in [7, 11) is -3.59. The number of hydrogen-bond acceptors (Lipinski definition) is 5. The van der Waals surface area contributed by atoms with Crippen LogP contribution in [0, 0.1) is 0 Å². The number of halogens is 1. The van der Waals surface area contributed by atoms with Crippen LogP contribution < -0.4 is 0 Å². The highest BCUT2D eigenvalue weighted by atomic mass is 35.5. The van der Waals surface area contributed by atoms with Gasteiger partial charge < -0.3 is 10.2 Å². The van der Waals surface area contributed by atoms with Gasteiger partial charge in [-0.2, -0.15) is 0 Å². The quantitative estimate of drug-likeness (QED) is 0.748. The van der Waals surface area contributed by atoms with E-state index in [0.717, 1.165) is 11.3 Å². The molecule has 0 aliphatic carbocycles. The molecule has 8 heteroatoms. The Morgan fingerprint density at radius 2 is 2.11 bits per heavy atom. The van der Waals surface area contributed by atoms with E-state index in [9.17, 15) is 18.3 Å². The first kappa shape index (κ1) is 15.4. The maximum absolute atomic E-state index is 11.9. The highest BCUT2D eigenvalue weighted by Crippen LogP contribution is 2.26. The molecule has 2 atom stereocenters. The lowest BCUT2D eigenvalue weighted by atomic mass is 10.1. The van der Waals surface area contributed by atoms with Gasteiger partial charge in [0.25, 0.3) is 0 Å². The predicted molar refractivity (Wildman–Crippen MR) is 68.6 cm³/mol. The van der Waals surface area contributed by atoms with Crippen LogP contribution in [0.15, 0.2) is 21.7 Å². The largest absolute Gasteiger partial charge is 0.481 e. The van der Waals surface area contributed by atoms with E-state index in [0.29, 0.717) is 0 Å². The molecule has 0 fully saturated rings. The first-order valence-electron chi connectivity index (χ1n) is 5.15. The molecule has 1 rings (SSSR count). The van der Waals surface area contributed by atoms with Crippen LogP contribution in [-0.2, 0) is 14.6 Å². The number of hydrogen-bond donors (Lipinski definition) is 2. The fourth-order valence-corrected chi connectivity index (χ4v) is 4.37. The molecule has 0 spiro atoms. The zero-order chi connectivity index (χ0) is 13.8. The first-order chi connectivity index (χ1) is 8.34. The summed E-state index contributed by atoms with van der Waals surface area (Å²) in [4.78, 5) is 10.3. The normalized spacial score (nSPS) is 15.2. The number of sulfone groups is 1. The molecule has 0 saturated heterocycles. The van der Waals surface area contributed by atoms with Crippen molar-refractivity contribution in [3.05, 3.63) is 17.5 Å². The predicted octanol–water partition coefficient (Wildman–Crippen LogP) is 1.70. The van der Waals surface area contributed by atoms with E-state index in [4.69, 9.17) is 16.7 Å². The molecule has 0 aromatic carbocycles. The Bertz CT molecular complexity index is 482. The summed E-state index contributed by atoms with van der Waals surface area (Å²) in [6, 6.07) is 3.07. The second-order valence-electron chi connectivity index (χ2n) is 3.72. The van der Waals surface area contributed by atoms with Gasteiger partial charge >= 0.3 is 5.97 Å². The van der Waals surface area contributed by atoms with Crippen LogP contribution in [0.5, 0.6) is 0 Å². The van der Waals surface area contributed by atoms with E-state index in [2.05, 4.69) is 0 Å². The maximum Gasteiger partial charge on any atom is 0.305 e. The van der Waals surface area contributed by atoms with E-state index in [1.807, 2.05) is 0 Å². The van der Waals surface area contributed by atoms with Gasteiger partial charge in [0.15, 0.2) is 0 Å². The lowest BCUT2D eigenvalue weighted by Gasteiger charge is -2.12. The minimum Gasteiger partial charge on any atom is -0.481 e. The topological polar surface area (TPSA) is 91.7 Å². The number of aliphatic hydroxyl groups is 1. The summed E-state index contributed by atoms with van der Waals surface area (Å²) in [5.74, 6) is -1.13. The fraction of sp³-hybridized carbons (Fsp3) is 0.500. The van der Waals surface area contributed by atoms with Crippen LogP contribution in [-0.4, -0.2) is 35.4 Å². The monoisotopic (exact) mass is 312 g/mol. The first-order valence-corrected chi connectivity index (χ1v) is 8.01. The summed E-state index contributed by atoms with van der Waals surface area (Å²) in [5, 5.41) is 19.4. The molecule has 0 amide bonds. The highest BCUT2D eigenvalue weighted by Gasteiger charge is 2.27. The van der Waals surface area contributed by atoms with Gasteiger partial charge in [0.1, 0.15) is 8.92 Å². The van der Waals surface area contributed by atoms with Crippen LogP contribution in [0.25, 0.3) is 0 Å². The standard InChI is InChI=1S/C10H13ClO5S2/c11-8(4-3-7(12)6-9(13)14)18(15,16)10-2-1-5-17-10/h1-2,5,7-8,12H,3-4,6H2,(H,13,14). The lowest BCUT2D eigenvalue weighted by molar-refractivity contribution is -0.139.